The molecule has 0 rings (SSSR count). The van der Waals surface area contributed by atoms with E-state index in [0.717, 1.165) is 6.42 Å². The van der Waals surface area contributed by atoms with Crippen LogP contribution in [0.4, 0.5) is 0 Å². The van der Waals surface area contributed by atoms with Gasteiger partial charge in [-0.05, 0) is 24.8 Å². The van der Waals surface area contributed by atoms with Gasteiger partial charge in [0.15, 0.2) is 0 Å². The lowest BCUT2D eigenvalue weighted by Gasteiger charge is -2.16. The van der Waals surface area contributed by atoms with E-state index >= 15 is 0 Å². The molecule has 0 bridgehead atoms. The van der Waals surface area contributed by atoms with Crippen LogP contribution < -0.4 is 11.1 Å². The van der Waals surface area contributed by atoms with Crippen LogP contribution in [0.2, 0.25) is 0 Å². The third-order valence-corrected chi connectivity index (χ3v) is 2.33. The number of nitrogens with one attached hydrogen (secondary N) is 1. The smallest absolute Gasteiger partial charge is 0.306 e. The molecule has 0 fully saturated rings. The second-order valence-corrected chi connectivity index (χ2v) is 4.64. The summed E-state index contributed by atoms with van der Waals surface area (Å²) in [5.41, 5.74) is 5.60. The first-order chi connectivity index (χ1) is 7.95. The summed E-state index contributed by atoms with van der Waals surface area (Å²) in [4.78, 5) is 22.0. The maximum atomic E-state index is 11.4. The monoisotopic (exact) mass is 244 g/mol. The van der Waals surface area contributed by atoms with E-state index in [1.54, 1.807) is 0 Å². The summed E-state index contributed by atoms with van der Waals surface area (Å²) >= 11 is 0. The van der Waals surface area contributed by atoms with Crippen LogP contribution in [0, 0.1) is 11.8 Å². The molecule has 0 spiro atoms. The normalized spacial score (nSPS) is 12.3. The molecule has 0 radical (unpaired) electrons. The Morgan fingerprint density at radius 1 is 1.35 bits per heavy atom. The van der Waals surface area contributed by atoms with Gasteiger partial charge >= 0.3 is 5.97 Å². The fourth-order valence-corrected chi connectivity index (χ4v) is 1.62. The Bertz CT molecular complexity index is 242. The molecule has 0 aliphatic rings. The summed E-state index contributed by atoms with van der Waals surface area (Å²) in [5.74, 6) is 0.339. The highest BCUT2D eigenvalue weighted by atomic mass is 16.5. The molecule has 0 aromatic rings. The first kappa shape index (κ1) is 15.9. The number of amides is 1. The number of nitrogens with two attached hydrogens (primary N) is 1. The third kappa shape index (κ3) is 9.81. The molecule has 0 aliphatic carbocycles. The summed E-state index contributed by atoms with van der Waals surface area (Å²) in [6, 6.07) is 0. The van der Waals surface area contributed by atoms with Crippen LogP contribution in [-0.4, -0.2) is 31.6 Å². The van der Waals surface area contributed by atoms with Crippen molar-refractivity contribution >= 4 is 11.9 Å². The highest BCUT2D eigenvalue weighted by molar-refractivity contribution is 5.73. The minimum absolute atomic E-state index is 0.124. The van der Waals surface area contributed by atoms with Crippen LogP contribution in [0.15, 0.2) is 0 Å². The van der Waals surface area contributed by atoms with E-state index in [0.29, 0.717) is 25.4 Å². The van der Waals surface area contributed by atoms with Gasteiger partial charge in [0, 0.05) is 13.3 Å². The zero-order valence-electron chi connectivity index (χ0n) is 11.0. The number of hydrogen-bond donors (Lipinski definition) is 2. The molecule has 0 saturated carbocycles. The molecule has 0 aromatic heterocycles. The molecular formula is C12H24N2O3. The van der Waals surface area contributed by atoms with Gasteiger partial charge in [0.05, 0.1) is 6.54 Å². The van der Waals surface area contributed by atoms with Gasteiger partial charge in [-0.25, -0.2) is 0 Å². The van der Waals surface area contributed by atoms with Crippen molar-refractivity contribution in [2.75, 3.05) is 19.7 Å². The van der Waals surface area contributed by atoms with Crippen molar-refractivity contribution in [2.45, 2.75) is 33.6 Å². The van der Waals surface area contributed by atoms with Gasteiger partial charge in [0.25, 0.3) is 0 Å². The van der Waals surface area contributed by atoms with Crippen molar-refractivity contribution in [3.8, 4) is 0 Å². The van der Waals surface area contributed by atoms with E-state index in [1.165, 1.54) is 6.92 Å². The molecule has 0 saturated heterocycles. The fraction of sp³-hybridized carbons (Fsp3) is 0.833. The SMILES string of the molecule is CC(=O)NCCOC(=O)CC(CN)CC(C)C. The standard InChI is InChI=1S/C12H24N2O3/c1-9(2)6-11(8-13)7-12(16)17-5-4-14-10(3)15/h9,11H,4-8,13H2,1-3H3,(H,14,15). The average molecular weight is 244 g/mol. The van der Waals surface area contributed by atoms with Gasteiger partial charge in [0.1, 0.15) is 6.61 Å². The summed E-state index contributed by atoms with van der Waals surface area (Å²) in [7, 11) is 0. The van der Waals surface area contributed by atoms with Crippen molar-refractivity contribution in [3.63, 3.8) is 0 Å². The molecule has 0 aliphatic heterocycles. The van der Waals surface area contributed by atoms with Crippen LogP contribution in [-0.2, 0) is 14.3 Å². The van der Waals surface area contributed by atoms with E-state index < -0.39 is 0 Å². The van der Waals surface area contributed by atoms with Crippen molar-refractivity contribution in [1.82, 2.24) is 5.32 Å². The first-order valence-corrected chi connectivity index (χ1v) is 6.05. The van der Waals surface area contributed by atoms with Crippen LogP contribution in [0.5, 0.6) is 0 Å². The Morgan fingerprint density at radius 3 is 2.47 bits per heavy atom. The predicted octanol–water partition coefficient (Wildman–Crippen LogP) is 0.677. The van der Waals surface area contributed by atoms with Gasteiger partial charge in [0.2, 0.25) is 5.91 Å². The second-order valence-electron chi connectivity index (χ2n) is 4.64. The second kappa shape index (κ2) is 8.98. The number of rotatable bonds is 8. The van der Waals surface area contributed by atoms with Crippen LogP contribution in [0.25, 0.3) is 0 Å². The van der Waals surface area contributed by atoms with Gasteiger partial charge in [-0.15, -0.1) is 0 Å². The third-order valence-electron chi connectivity index (χ3n) is 2.33. The lowest BCUT2D eigenvalue weighted by molar-refractivity contribution is -0.145. The maximum Gasteiger partial charge on any atom is 0.306 e. The Morgan fingerprint density at radius 2 is 2.00 bits per heavy atom. The minimum atomic E-state index is -0.244. The highest BCUT2D eigenvalue weighted by Gasteiger charge is 2.14. The zero-order valence-corrected chi connectivity index (χ0v) is 11.0. The number of hydrogen-bond acceptors (Lipinski definition) is 4. The van der Waals surface area contributed by atoms with Crippen LogP contribution in [0.3, 0.4) is 0 Å². The molecule has 1 unspecified atom stereocenters. The Balaban J connectivity index is 3.71. The fourth-order valence-electron chi connectivity index (χ4n) is 1.62. The molecular weight excluding hydrogens is 220 g/mol. The van der Waals surface area contributed by atoms with E-state index in [2.05, 4.69) is 19.2 Å². The molecule has 100 valence electrons. The summed E-state index contributed by atoms with van der Waals surface area (Å²) in [6.07, 6.45) is 1.28. The molecule has 17 heavy (non-hydrogen) atoms. The van der Waals surface area contributed by atoms with E-state index in [1.807, 2.05) is 0 Å². The van der Waals surface area contributed by atoms with Gasteiger partial charge in [-0.1, -0.05) is 13.8 Å². The first-order valence-electron chi connectivity index (χ1n) is 6.05. The molecule has 1 amide bonds. The summed E-state index contributed by atoms with van der Waals surface area (Å²) in [5, 5.41) is 2.56. The number of esters is 1. The topological polar surface area (TPSA) is 81.4 Å². The number of ether oxygens (including phenoxy) is 1. The summed E-state index contributed by atoms with van der Waals surface area (Å²) < 4.78 is 5.00. The van der Waals surface area contributed by atoms with Gasteiger partial charge in [-0.3, -0.25) is 9.59 Å². The summed E-state index contributed by atoms with van der Waals surface area (Å²) in [6.45, 7) is 6.71. The Kier molecular flexibility index (Phi) is 8.40. The van der Waals surface area contributed by atoms with Crippen molar-refractivity contribution in [3.05, 3.63) is 0 Å². The lowest BCUT2D eigenvalue weighted by Crippen LogP contribution is -2.27. The van der Waals surface area contributed by atoms with Crippen molar-refractivity contribution in [2.24, 2.45) is 17.6 Å². The Labute approximate surface area is 103 Å². The zero-order chi connectivity index (χ0) is 13.3. The Hall–Kier alpha value is -1.10. The van der Waals surface area contributed by atoms with Gasteiger partial charge < -0.3 is 15.8 Å². The van der Waals surface area contributed by atoms with Gasteiger partial charge in [-0.2, -0.15) is 0 Å². The molecule has 5 nitrogen and oxygen atoms in total. The predicted molar refractivity (Wildman–Crippen MR) is 66.3 cm³/mol. The molecule has 0 aromatic carbocycles. The minimum Gasteiger partial charge on any atom is -0.464 e. The highest BCUT2D eigenvalue weighted by Crippen LogP contribution is 2.14. The van der Waals surface area contributed by atoms with E-state index in [-0.39, 0.29) is 24.4 Å². The van der Waals surface area contributed by atoms with Crippen LogP contribution in [0.1, 0.15) is 33.6 Å². The maximum absolute atomic E-state index is 11.4. The average Bonchev–Trinajstić information content (AvgIpc) is 2.22. The van der Waals surface area contributed by atoms with E-state index in [9.17, 15) is 9.59 Å². The molecule has 5 heteroatoms. The van der Waals surface area contributed by atoms with Crippen molar-refractivity contribution in [1.29, 1.82) is 0 Å². The largest absolute Gasteiger partial charge is 0.464 e. The molecule has 3 N–H and O–H groups in total. The number of carbonyl (C=O) groups is 2. The van der Waals surface area contributed by atoms with Crippen LogP contribution >= 0.6 is 0 Å². The number of carbonyl (C=O) groups excluding carboxylic acids is 2. The van der Waals surface area contributed by atoms with Crippen molar-refractivity contribution < 1.29 is 14.3 Å². The van der Waals surface area contributed by atoms with E-state index in [4.69, 9.17) is 10.5 Å². The lowest BCUT2D eigenvalue weighted by atomic mass is 9.94. The quantitative estimate of drug-likeness (QED) is 0.486. The molecule has 1 atom stereocenters. The molecule has 0 heterocycles.